The molecule has 0 aromatic heterocycles. The van der Waals surface area contributed by atoms with Crippen molar-refractivity contribution in [3.63, 3.8) is 0 Å². The Morgan fingerprint density at radius 1 is 1.04 bits per heavy atom. The second-order valence-corrected chi connectivity index (χ2v) is 7.38. The Balaban J connectivity index is 2.02. The monoisotopic (exact) mass is 373 g/mol. The third-order valence-corrected chi connectivity index (χ3v) is 4.97. The molecule has 25 heavy (non-hydrogen) atoms. The predicted molar refractivity (Wildman–Crippen MR) is 87.9 cm³/mol. The summed E-state index contributed by atoms with van der Waals surface area (Å²) in [5.74, 6) is 0.0680. The van der Waals surface area contributed by atoms with Crippen LogP contribution < -0.4 is 9.46 Å². The van der Waals surface area contributed by atoms with Gasteiger partial charge in [0.15, 0.2) is 6.61 Å². The Morgan fingerprint density at radius 2 is 1.68 bits per heavy atom. The van der Waals surface area contributed by atoms with Crippen molar-refractivity contribution in [2.45, 2.75) is 31.5 Å². The largest absolute Gasteiger partial charge is 0.484 e. The maximum absolute atomic E-state index is 12.4. The molecule has 0 heterocycles. The Kier molecular flexibility index (Phi) is 5.74. The van der Waals surface area contributed by atoms with Crippen LogP contribution in [0.2, 0.25) is 0 Å². The molecule has 0 bridgehead atoms. The van der Waals surface area contributed by atoms with Crippen LogP contribution in [0.1, 0.15) is 16.7 Å². The van der Waals surface area contributed by atoms with E-state index >= 15 is 0 Å². The van der Waals surface area contributed by atoms with E-state index in [1.165, 1.54) is 24.3 Å². The van der Waals surface area contributed by atoms with Crippen LogP contribution in [0.5, 0.6) is 5.75 Å². The summed E-state index contributed by atoms with van der Waals surface area (Å²) in [7, 11) is -3.68. The van der Waals surface area contributed by atoms with Crippen molar-refractivity contribution >= 4 is 10.0 Å². The zero-order valence-corrected chi connectivity index (χ0v) is 14.5. The number of benzene rings is 2. The molecule has 2 rings (SSSR count). The molecular weight excluding hydrogens is 355 g/mol. The van der Waals surface area contributed by atoms with Crippen molar-refractivity contribution in [2.24, 2.45) is 0 Å². The summed E-state index contributed by atoms with van der Waals surface area (Å²) in [5, 5.41) is 0. The third kappa shape index (κ3) is 5.75. The highest BCUT2D eigenvalue weighted by Crippen LogP contribution is 2.20. The SMILES string of the molecule is Cc1ccc(C)c(S(=O)(=O)NCc2ccc(OCC(F)(F)F)cc2)c1. The highest BCUT2D eigenvalue weighted by molar-refractivity contribution is 7.89. The lowest BCUT2D eigenvalue weighted by Gasteiger charge is -2.11. The van der Waals surface area contributed by atoms with Gasteiger partial charge in [-0.1, -0.05) is 24.3 Å². The molecule has 0 aliphatic heterocycles. The molecular formula is C17H18F3NO3S. The molecule has 8 heteroatoms. The molecule has 2 aromatic rings. The van der Waals surface area contributed by atoms with E-state index in [9.17, 15) is 21.6 Å². The molecule has 0 saturated carbocycles. The van der Waals surface area contributed by atoms with Gasteiger partial charge in [0, 0.05) is 6.54 Å². The van der Waals surface area contributed by atoms with E-state index in [1.54, 1.807) is 26.0 Å². The number of sulfonamides is 1. The average Bonchev–Trinajstić information content (AvgIpc) is 2.53. The molecule has 0 unspecified atom stereocenters. The quantitative estimate of drug-likeness (QED) is 0.840. The molecule has 0 spiro atoms. The van der Waals surface area contributed by atoms with Crippen LogP contribution in [-0.2, 0) is 16.6 Å². The standard InChI is InChI=1S/C17H18F3NO3S/c1-12-3-4-13(2)16(9-12)25(22,23)21-10-14-5-7-15(8-6-14)24-11-17(18,19)20/h3-9,21H,10-11H2,1-2H3. The third-order valence-electron chi connectivity index (χ3n) is 3.43. The minimum Gasteiger partial charge on any atom is -0.484 e. The van der Waals surface area contributed by atoms with E-state index in [-0.39, 0.29) is 17.2 Å². The molecule has 136 valence electrons. The van der Waals surface area contributed by atoms with E-state index in [0.717, 1.165) is 5.56 Å². The number of ether oxygens (including phenoxy) is 1. The summed E-state index contributed by atoms with van der Waals surface area (Å²) in [5.41, 5.74) is 2.07. The first-order chi connectivity index (χ1) is 11.6. The minimum absolute atomic E-state index is 0.0231. The maximum atomic E-state index is 12.4. The van der Waals surface area contributed by atoms with E-state index in [1.807, 2.05) is 6.07 Å². The van der Waals surface area contributed by atoms with Gasteiger partial charge in [-0.15, -0.1) is 0 Å². The first kappa shape index (κ1) is 19.3. The fourth-order valence-electron chi connectivity index (χ4n) is 2.12. The van der Waals surface area contributed by atoms with Crippen molar-refractivity contribution in [3.8, 4) is 5.75 Å². The van der Waals surface area contributed by atoms with Crippen LogP contribution >= 0.6 is 0 Å². The fraction of sp³-hybridized carbons (Fsp3) is 0.294. The summed E-state index contributed by atoms with van der Waals surface area (Å²) < 4.78 is 68.2. The molecule has 0 atom stereocenters. The summed E-state index contributed by atoms with van der Waals surface area (Å²) in [6.07, 6.45) is -4.40. The van der Waals surface area contributed by atoms with Gasteiger partial charge < -0.3 is 4.74 Å². The summed E-state index contributed by atoms with van der Waals surface area (Å²) in [6, 6.07) is 10.9. The van der Waals surface area contributed by atoms with Crippen LogP contribution in [0.15, 0.2) is 47.4 Å². The summed E-state index contributed by atoms with van der Waals surface area (Å²) in [6.45, 7) is 2.17. The van der Waals surface area contributed by atoms with Crippen molar-refractivity contribution in [3.05, 3.63) is 59.2 Å². The van der Waals surface area contributed by atoms with Gasteiger partial charge in [0.05, 0.1) is 4.90 Å². The minimum atomic E-state index is -4.40. The molecule has 4 nitrogen and oxygen atoms in total. The van der Waals surface area contributed by atoms with Gasteiger partial charge in [0.25, 0.3) is 0 Å². The second-order valence-electron chi connectivity index (χ2n) is 5.64. The second kappa shape index (κ2) is 7.45. The van der Waals surface area contributed by atoms with E-state index in [4.69, 9.17) is 0 Å². The molecule has 0 saturated heterocycles. The molecule has 2 aromatic carbocycles. The zero-order valence-electron chi connectivity index (χ0n) is 13.7. The van der Waals surface area contributed by atoms with Gasteiger partial charge in [0.2, 0.25) is 10.0 Å². The Labute approximate surface area is 144 Å². The number of halogens is 3. The van der Waals surface area contributed by atoms with Gasteiger partial charge in [-0.05, 0) is 48.7 Å². The number of hydrogen-bond donors (Lipinski definition) is 1. The Morgan fingerprint density at radius 3 is 2.28 bits per heavy atom. The first-order valence-corrected chi connectivity index (χ1v) is 8.90. The van der Waals surface area contributed by atoms with E-state index < -0.39 is 22.8 Å². The van der Waals surface area contributed by atoms with Crippen molar-refractivity contribution in [2.75, 3.05) is 6.61 Å². The Bertz CT molecular complexity index is 831. The van der Waals surface area contributed by atoms with E-state index in [0.29, 0.717) is 11.1 Å². The lowest BCUT2D eigenvalue weighted by molar-refractivity contribution is -0.153. The fourth-order valence-corrected chi connectivity index (χ4v) is 3.47. The summed E-state index contributed by atoms with van der Waals surface area (Å²) >= 11 is 0. The first-order valence-electron chi connectivity index (χ1n) is 7.42. The highest BCUT2D eigenvalue weighted by atomic mass is 32.2. The van der Waals surface area contributed by atoms with E-state index in [2.05, 4.69) is 9.46 Å². The smallest absolute Gasteiger partial charge is 0.422 e. The highest BCUT2D eigenvalue weighted by Gasteiger charge is 2.28. The van der Waals surface area contributed by atoms with Crippen molar-refractivity contribution < 1.29 is 26.3 Å². The molecule has 0 aliphatic carbocycles. The molecule has 0 amide bonds. The number of rotatable bonds is 6. The van der Waals surface area contributed by atoms with Gasteiger partial charge in [-0.3, -0.25) is 0 Å². The van der Waals surface area contributed by atoms with Gasteiger partial charge in [-0.2, -0.15) is 13.2 Å². The summed E-state index contributed by atoms with van der Waals surface area (Å²) in [4.78, 5) is 0.206. The maximum Gasteiger partial charge on any atom is 0.422 e. The number of nitrogens with one attached hydrogen (secondary N) is 1. The lowest BCUT2D eigenvalue weighted by Crippen LogP contribution is -2.24. The van der Waals surface area contributed by atoms with Gasteiger partial charge in [0.1, 0.15) is 5.75 Å². The number of alkyl halides is 3. The van der Waals surface area contributed by atoms with Gasteiger partial charge >= 0.3 is 6.18 Å². The molecule has 1 N–H and O–H groups in total. The molecule has 0 radical (unpaired) electrons. The van der Waals surface area contributed by atoms with Crippen LogP contribution in [0.4, 0.5) is 13.2 Å². The lowest BCUT2D eigenvalue weighted by atomic mass is 10.2. The van der Waals surface area contributed by atoms with Crippen molar-refractivity contribution in [1.82, 2.24) is 4.72 Å². The number of aryl methyl sites for hydroxylation is 2. The van der Waals surface area contributed by atoms with Crippen LogP contribution in [0.25, 0.3) is 0 Å². The predicted octanol–water partition coefficient (Wildman–Crippen LogP) is 3.72. The average molecular weight is 373 g/mol. The van der Waals surface area contributed by atoms with Gasteiger partial charge in [-0.25, -0.2) is 13.1 Å². The zero-order chi connectivity index (χ0) is 18.7. The number of hydrogen-bond acceptors (Lipinski definition) is 3. The van der Waals surface area contributed by atoms with Crippen LogP contribution in [0, 0.1) is 13.8 Å². The topological polar surface area (TPSA) is 55.4 Å². The molecule has 0 fully saturated rings. The van der Waals surface area contributed by atoms with Crippen LogP contribution in [-0.4, -0.2) is 21.2 Å². The Hall–Kier alpha value is -2.06. The van der Waals surface area contributed by atoms with Crippen molar-refractivity contribution in [1.29, 1.82) is 0 Å². The normalized spacial score (nSPS) is 12.2. The molecule has 0 aliphatic rings. The van der Waals surface area contributed by atoms with Crippen LogP contribution in [0.3, 0.4) is 0 Å².